The second-order valence-corrected chi connectivity index (χ2v) is 6.05. The molecule has 2 N–H and O–H groups in total. The molecule has 0 bridgehead atoms. The number of nitrogens with one attached hydrogen (secondary N) is 2. The second-order valence-electron chi connectivity index (χ2n) is 6.05. The Morgan fingerprint density at radius 2 is 1.28 bits per heavy atom. The van der Waals surface area contributed by atoms with Crippen LogP contribution in [0.15, 0.2) is 24.8 Å². The molecule has 29 heavy (non-hydrogen) atoms. The number of rotatable bonds is 10. The summed E-state index contributed by atoms with van der Waals surface area (Å²) < 4.78 is 18.9. The van der Waals surface area contributed by atoms with Gasteiger partial charge in [0.05, 0.1) is 25.3 Å². The molecule has 0 unspecified atom stereocenters. The predicted molar refractivity (Wildman–Crippen MR) is 106 cm³/mol. The van der Waals surface area contributed by atoms with E-state index < -0.39 is 24.1 Å². The molecule has 0 heterocycles. The monoisotopic (exact) mass is 416 g/mol. The standard InChI is InChI=1S/C10H17NO4.C9H15NO4/c1-7(2)9(12)14-6-5-11-10(13)15-8(3)4;1-4-8(11)13-6-5-10-9(12)14-7(2)3/h8H,1,5-6H2,2-4H3,(H,11,13);4,7H,1,5-6H2,2-3H3,(H,10,12). The molecule has 0 radical (unpaired) electrons. The van der Waals surface area contributed by atoms with Crippen molar-refractivity contribution in [2.75, 3.05) is 26.3 Å². The average molecular weight is 416 g/mol. The molecule has 166 valence electrons. The molecule has 0 aromatic heterocycles. The molecular formula is C19H32N2O8. The number of hydrogen-bond donors (Lipinski definition) is 2. The highest BCUT2D eigenvalue weighted by atomic mass is 16.6. The maximum absolute atomic E-state index is 10.9. The lowest BCUT2D eigenvalue weighted by Gasteiger charge is -2.09. The maximum Gasteiger partial charge on any atom is 0.407 e. The molecule has 0 saturated carbocycles. The summed E-state index contributed by atoms with van der Waals surface area (Å²) in [5, 5.41) is 4.86. The predicted octanol–water partition coefficient (Wildman–Crippen LogP) is 2.09. The van der Waals surface area contributed by atoms with E-state index in [1.54, 1.807) is 34.6 Å². The minimum Gasteiger partial charge on any atom is -0.461 e. The van der Waals surface area contributed by atoms with Crippen molar-refractivity contribution in [1.82, 2.24) is 10.6 Å². The fourth-order valence-corrected chi connectivity index (χ4v) is 1.30. The number of ether oxygens (including phenoxy) is 4. The van der Waals surface area contributed by atoms with E-state index in [9.17, 15) is 19.2 Å². The van der Waals surface area contributed by atoms with Gasteiger partial charge in [-0.25, -0.2) is 19.2 Å². The number of esters is 2. The van der Waals surface area contributed by atoms with Gasteiger partial charge in [0.25, 0.3) is 0 Å². The van der Waals surface area contributed by atoms with Gasteiger partial charge in [-0.1, -0.05) is 13.2 Å². The molecule has 2 amide bonds. The van der Waals surface area contributed by atoms with Crippen molar-refractivity contribution in [2.24, 2.45) is 0 Å². The third-order valence-electron chi connectivity index (χ3n) is 2.42. The van der Waals surface area contributed by atoms with Gasteiger partial charge in [0.2, 0.25) is 0 Å². The molecule has 0 fully saturated rings. The van der Waals surface area contributed by atoms with Crippen molar-refractivity contribution in [2.45, 2.75) is 46.8 Å². The largest absolute Gasteiger partial charge is 0.461 e. The Bertz CT molecular complexity index is 558. The first-order valence-corrected chi connectivity index (χ1v) is 9.00. The van der Waals surface area contributed by atoms with Crippen LogP contribution in [-0.4, -0.2) is 62.6 Å². The Kier molecular flexibility index (Phi) is 16.6. The SMILES string of the molecule is C=C(C)C(=O)OCCNC(=O)OC(C)C.C=CC(=O)OCCNC(=O)OC(C)C. The van der Waals surface area contributed by atoms with E-state index >= 15 is 0 Å². The van der Waals surface area contributed by atoms with E-state index in [1.807, 2.05) is 0 Å². The Hall–Kier alpha value is -3.04. The zero-order chi connectivity index (χ0) is 22.8. The van der Waals surface area contributed by atoms with E-state index in [4.69, 9.17) is 14.2 Å². The number of carbonyl (C=O) groups excluding carboxylic acids is 4. The Morgan fingerprint density at radius 3 is 1.62 bits per heavy atom. The lowest BCUT2D eigenvalue weighted by molar-refractivity contribution is -0.139. The van der Waals surface area contributed by atoms with Gasteiger partial charge in [-0.3, -0.25) is 0 Å². The molecule has 10 nitrogen and oxygen atoms in total. The van der Waals surface area contributed by atoms with Crippen molar-refractivity contribution in [3.63, 3.8) is 0 Å². The van der Waals surface area contributed by atoms with Gasteiger partial charge in [-0.05, 0) is 34.6 Å². The fraction of sp³-hybridized carbons (Fsp3) is 0.579. The number of alkyl carbamates (subject to hydrolysis) is 2. The highest BCUT2D eigenvalue weighted by Crippen LogP contribution is 1.91. The van der Waals surface area contributed by atoms with Crippen molar-refractivity contribution < 1.29 is 38.1 Å². The van der Waals surface area contributed by atoms with Crippen LogP contribution in [-0.2, 0) is 28.5 Å². The molecule has 0 spiro atoms. The number of amides is 2. The third-order valence-corrected chi connectivity index (χ3v) is 2.42. The van der Waals surface area contributed by atoms with Crippen LogP contribution < -0.4 is 10.6 Å². The first kappa shape index (κ1) is 28.2. The van der Waals surface area contributed by atoms with Crippen LogP contribution in [0, 0.1) is 0 Å². The maximum atomic E-state index is 10.9. The van der Waals surface area contributed by atoms with Crippen LogP contribution in [0.3, 0.4) is 0 Å². The van der Waals surface area contributed by atoms with Crippen molar-refractivity contribution in [3.8, 4) is 0 Å². The van der Waals surface area contributed by atoms with Crippen LogP contribution in [0.2, 0.25) is 0 Å². The molecule has 10 heteroatoms. The van der Waals surface area contributed by atoms with Gasteiger partial charge >= 0.3 is 24.1 Å². The lowest BCUT2D eigenvalue weighted by atomic mass is 10.4. The molecule has 0 aliphatic carbocycles. The first-order chi connectivity index (χ1) is 13.5. The zero-order valence-electron chi connectivity index (χ0n) is 17.7. The summed E-state index contributed by atoms with van der Waals surface area (Å²) in [6, 6.07) is 0. The smallest absolute Gasteiger partial charge is 0.407 e. The normalized spacial score (nSPS) is 9.48. The molecule has 0 saturated heterocycles. The van der Waals surface area contributed by atoms with Gasteiger partial charge in [0.15, 0.2) is 0 Å². The van der Waals surface area contributed by atoms with Crippen LogP contribution in [0.1, 0.15) is 34.6 Å². The highest BCUT2D eigenvalue weighted by molar-refractivity contribution is 5.86. The van der Waals surface area contributed by atoms with E-state index in [-0.39, 0.29) is 38.5 Å². The lowest BCUT2D eigenvalue weighted by Crippen LogP contribution is -2.30. The van der Waals surface area contributed by atoms with E-state index in [0.29, 0.717) is 5.57 Å². The number of carbonyl (C=O) groups is 4. The molecule has 0 aliphatic heterocycles. The van der Waals surface area contributed by atoms with Crippen LogP contribution in [0.4, 0.5) is 9.59 Å². The van der Waals surface area contributed by atoms with E-state index in [0.717, 1.165) is 6.08 Å². The van der Waals surface area contributed by atoms with Gasteiger partial charge in [0.1, 0.15) is 13.2 Å². The quantitative estimate of drug-likeness (QED) is 0.240. The fourth-order valence-electron chi connectivity index (χ4n) is 1.30. The molecule has 0 aliphatic rings. The van der Waals surface area contributed by atoms with Crippen molar-refractivity contribution >= 4 is 24.1 Å². The minimum absolute atomic E-state index is 0.109. The van der Waals surface area contributed by atoms with Crippen molar-refractivity contribution in [1.29, 1.82) is 0 Å². The summed E-state index contributed by atoms with van der Waals surface area (Å²) in [5.41, 5.74) is 0.333. The zero-order valence-corrected chi connectivity index (χ0v) is 17.7. The topological polar surface area (TPSA) is 129 Å². The van der Waals surface area contributed by atoms with Crippen LogP contribution in [0.5, 0.6) is 0 Å². The molecule has 0 aromatic carbocycles. The molecular weight excluding hydrogens is 384 g/mol. The van der Waals surface area contributed by atoms with E-state index in [2.05, 4.69) is 28.5 Å². The Morgan fingerprint density at radius 1 is 0.862 bits per heavy atom. The Labute approximate surface area is 171 Å². The second kappa shape index (κ2) is 17.1. The van der Waals surface area contributed by atoms with Gasteiger partial charge in [0, 0.05) is 11.6 Å². The van der Waals surface area contributed by atoms with Gasteiger partial charge < -0.3 is 29.6 Å². The summed E-state index contributed by atoms with van der Waals surface area (Å²) in [6.45, 7) is 15.9. The summed E-state index contributed by atoms with van der Waals surface area (Å²) in [7, 11) is 0. The molecule has 0 atom stereocenters. The molecule has 0 aromatic rings. The van der Waals surface area contributed by atoms with Crippen LogP contribution >= 0.6 is 0 Å². The number of hydrogen-bond acceptors (Lipinski definition) is 8. The third kappa shape index (κ3) is 21.1. The average Bonchev–Trinajstić information content (AvgIpc) is 2.61. The van der Waals surface area contributed by atoms with E-state index in [1.165, 1.54) is 0 Å². The first-order valence-electron chi connectivity index (χ1n) is 9.00. The minimum atomic E-state index is -0.519. The molecule has 0 rings (SSSR count). The summed E-state index contributed by atoms with van der Waals surface area (Å²) in [4.78, 5) is 43.3. The Balaban J connectivity index is 0. The summed E-state index contributed by atoms with van der Waals surface area (Å²) in [5.74, 6) is -0.974. The summed E-state index contributed by atoms with van der Waals surface area (Å²) in [6.07, 6.45) is -0.299. The highest BCUT2D eigenvalue weighted by Gasteiger charge is 2.06. The van der Waals surface area contributed by atoms with Crippen LogP contribution in [0.25, 0.3) is 0 Å². The van der Waals surface area contributed by atoms with Gasteiger partial charge in [-0.2, -0.15) is 0 Å². The van der Waals surface area contributed by atoms with Gasteiger partial charge in [-0.15, -0.1) is 0 Å². The van der Waals surface area contributed by atoms with Crippen molar-refractivity contribution in [3.05, 3.63) is 24.8 Å². The summed E-state index contributed by atoms with van der Waals surface area (Å²) >= 11 is 0.